The molecule has 0 aromatic rings. The normalized spacial score (nSPS) is 14.5. The van der Waals surface area contributed by atoms with E-state index in [9.17, 15) is 9.36 Å². The first kappa shape index (κ1) is 10.6. The molecule has 0 aromatic carbocycles. The van der Waals surface area contributed by atoms with Gasteiger partial charge in [0.1, 0.15) is 0 Å². The zero-order valence-electron chi connectivity index (χ0n) is 5.54. The van der Waals surface area contributed by atoms with Gasteiger partial charge in [-0.15, -0.1) is 0 Å². The Bertz CT molecular complexity index is 183. The van der Waals surface area contributed by atoms with Gasteiger partial charge in [0.05, 0.1) is 6.16 Å². The van der Waals surface area contributed by atoms with Gasteiger partial charge in [-0.05, 0) is 6.42 Å². The van der Waals surface area contributed by atoms with E-state index in [0.29, 0.717) is 0 Å². The van der Waals surface area contributed by atoms with Crippen molar-refractivity contribution < 1.29 is 29.4 Å². The molecular formula is C4H9O6P. The molecule has 11 heavy (non-hydrogen) atoms. The fourth-order valence-corrected chi connectivity index (χ4v) is 0.995. The number of aliphatic carboxylic acids is 1. The van der Waals surface area contributed by atoms with Crippen LogP contribution in [0.2, 0.25) is 0 Å². The molecule has 0 aliphatic heterocycles. The maximum absolute atomic E-state index is 10.1. The van der Waals surface area contributed by atoms with Gasteiger partial charge in [-0.1, -0.05) is 0 Å². The van der Waals surface area contributed by atoms with Gasteiger partial charge in [0.25, 0.3) is 0 Å². The molecule has 0 bridgehead atoms. The summed E-state index contributed by atoms with van der Waals surface area (Å²) in [5, 5.41) is 16.6. The lowest BCUT2D eigenvalue weighted by Gasteiger charge is -2.05. The van der Waals surface area contributed by atoms with E-state index in [1.807, 2.05) is 0 Å². The van der Waals surface area contributed by atoms with E-state index in [4.69, 9.17) is 20.0 Å². The van der Waals surface area contributed by atoms with Gasteiger partial charge in [-0.3, -0.25) is 4.57 Å². The Labute approximate surface area is 62.6 Å². The molecule has 0 fully saturated rings. The average molecular weight is 184 g/mol. The molecular weight excluding hydrogens is 175 g/mol. The molecule has 0 aromatic heterocycles. The third-order valence-corrected chi connectivity index (χ3v) is 1.82. The zero-order chi connectivity index (χ0) is 9.07. The number of hydrogen-bond donors (Lipinski definition) is 4. The van der Waals surface area contributed by atoms with Crippen molar-refractivity contribution in [1.82, 2.24) is 0 Å². The van der Waals surface area contributed by atoms with E-state index in [2.05, 4.69) is 0 Å². The highest BCUT2D eigenvalue weighted by Crippen LogP contribution is 2.35. The molecule has 1 unspecified atom stereocenters. The number of rotatable bonds is 4. The Morgan fingerprint density at radius 1 is 1.45 bits per heavy atom. The molecule has 66 valence electrons. The second kappa shape index (κ2) is 3.82. The highest BCUT2D eigenvalue weighted by Gasteiger charge is 2.19. The van der Waals surface area contributed by atoms with Crippen LogP contribution in [-0.4, -0.2) is 38.2 Å². The van der Waals surface area contributed by atoms with E-state index < -0.39 is 32.3 Å². The van der Waals surface area contributed by atoms with E-state index in [1.165, 1.54) is 0 Å². The van der Waals surface area contributed by atoms with Crippen molar-refractivity contribution in [2.24, 2.45) is 0 Å². The summed E-state index contributed by atoms with van der Waals surface area (Å²) in [4.78, 5) is 26.4. The summed E-state index contributed by atoms with van der Waals surface area (Å²) in [7, 11) is -4.18. The maximum Gasteiger partial charge on any atom is 0.332 e. The average Bonchev–Trinajstić information content (AvgIpc) is 1.80. The molecule has 6 nitrogen and oxygen atoms in total. The van der Waals surface area contributed by atoms with Crippen molar-refractivity contribution in [3.05, 3.63) is 0 Å². The fraction of sp³-hybridized carbons (Fsp3) is 0.750. The summed E-state index contributed by atoms with van der Waals surface area (Å²) in [5.74, 6) is -1.47. The SMILES string of the molecule is O=C(O)C(O)CCP(=O)(O)O. The van der Waals surface area contributed by atoms with Gasteiger partial charge in [-0.25, -0.2) is 4.79 Å². The van der Waals surface area contributed by atoms with Gasteiger partial charge in [-0.2, -0.15) is 0 Å². The van der Waals surface area contributed by atoms with Crippen LogP contribution < -0.4 is 0 Å². The van der Waals surface area contributed by atoms with E-state index in [-0.39, 0.29) is 0 Å². The van der Waals surface area contributed by atoms with Crippen LogP contribution in [0.3, 0.4) is 0 Å². The monoisotopic (exact) mass is 184 g/mol. The van der Waals surface area contributed by atoms with Crippen LogP contribution in [0.1, 0.15) is 6.42 Å². The van der Waals surface area contributed by atoms with Gasteiger partial charge in [0.15, 0.2) is 6.10 Å². The standard InChI is InChI=1S/C4H9O6P/c5-3(4(6)7)1-2-11(8,9)10/h3,5H,1-2H2,(H,6,7)(H2,8,9,10). The summed E-state index contributed by atoms with van der Waals surface area (Å²) in [6, 6.07) is 0. The molecule has 4 N–H and O–H groups in total. The first-order valence-corrected chi connectivity index (χ1v) is 4.58. The third-order valence-electron chi connectivity index (χ3n) is 0.979. The molecule has 0 saturated carbocycles. The van der Waals surface area contributed by atoms with Crippen LogP contribution in [0.5, 0.6) is 0 Å². The number of hydrogen-bond acceptors (Lipinski definition) is 3. The van der Waals surface area contributed by atoms with E-state index >= 15 is 0 Å². The van der Waals surface area contributed by atoms with Crippen LogP contribution in [-0.2, 0) is 9.36 Å². The van der Waals surface area contributed by atoms with Crippen molar-refractivity contribution in [1.29, 1.82) is 0 Å². The molecule has 0 rings (SSSR count). The van der Waals surface area contributed by atoms with Crippen molar-refractivity contribution in [3.63, 3.8) is 0 Å². The second-order valence-electron chi connectivity index (χ2n) is 2.03. The predicted octanol–water partition coefficient (Wildman–Crippen LogP) is -1.00. The number of aliphatic hydroxyl groups is 1. The molecule has 0 saturated heterocycles. The van der Waals surface area contributed by atoms with Crippen LogP contribution in [0.15, 0.2) is 0 Å². The number of carboxylic acid groups (broad SMARTS) is 1. The minimum Gasteiger partial charge on any atom is -0.479 e. The molecule has 0 radical (unpaired) electrons. The highest BCUT2D eigenvalue weighted by atomic mass is 31.2. The van der Waals surface area contributed by atoms with Crippen LogP contribution in [0.25, 0.3) is 0 Å². The Kier molecular flexibility index (Phi) is 3.68. The zero-order valence-corrected chi connectivity index (χ0v) is 6.44. The maximum atomic E-state index is 10.1. The molecule has 0 amide bonds. The number of aliphatic hydroxyl groups excluding tert-OH is 1. The summed E-state index contributed by atoms with van der Waals surface area (Å²) >= 11 is 0. The first-order chi connectivity index (χ1) is 4.83. The van der Waals surface area contributed by atoms with Crippen LogP contribution >= 0.6 is 7.60 Å². The summed E-state index contributed by atoms with van der Waals surface area (Å²) in [5.41, 5.74) is 0. The van der Waals surface area contributed by atoms with E-state index in [1.54, 1.807) is 0 Å². The Morgan fingerprint density at radius 2 is 1.91 bits per heavy atom. The largest absolute Gasteiger partial charge is 0.479 e. The summed E-state index contributed by atoms with van der Waals surface area (Å²) in [6.45, 7) is 0. The second-order valence-corrected chi connectivity index (χ2v) is 3.81. The lowest BCUT2D eigenvalue weighted by atomic mass is 10.3. The minimum absolute atomic E-state index is 0.431. The van der Waals surface area contributed by atoms with Crippen LogP contribution in [0, 0.1) is 0 Å². The fourth-order valence-electron chi connectivity index (χ4n) is 0.414. The first-order valence-electron chi connectivity index (χ1n) is 2.78. The van der Waals surface area contributed by atoms with E-state index in [0.717, 1.165) is 0 Å². The smallest absolute Gasteiger partial charge is 0.332 e. The molecule has 1 atom stereocenters. The Balaban J connectivity index is 3.72. The molecule has 0 spiro atoms. The van der Waals surface area contributed by atoms with Crippen molar-refractivity contribution in [3.8, 4) is 0 Å². The third kappa shape index (κ3) is 6.00. The Hall–Kier alpha value is -0.420. The lowest BCUT2D eigenvalue weighted by molar-refractivity contribution is -0.146. The number of carbonyl (C=O) groups is 1. The van der Waals surface area contributed by atoms with Gasteiger partial charge >= 0.3 is 13.6 Å². The summed E-state index contributed by atoms with van der Waals surface area (Å²) < 4.78 is 10.1. The van der Waals surface area contributed by atoms with Crippen molar-refractivity contribution in [2.75, 3.05) is 6.16 Å². The molecule has 0 aliphatic rings. The van der Waals surface area contributed by atoms with Crippen LogP contribution in [0.4, 0.5) is 0 Å². The topological polar surface area (TPSA) is 115 Å². The number of carboxylic acids is 1. The lowest BCUT2D eigenvalue weighted by Crippen LogP contribution is -2.20. The van der Waals surface area contributed by atoms with Gasteiger partial charge in [0.2, 0.25) is 0 Å². The highest BCUT2D eigenvalue weighted by molar-refractivity contribution is 7.51. The quantitative estimate of drug-likeness (QED) is 0.416. The van der Waals surface area contributed by atoms with Crippen molar-refractivity contribution in [2.45, 2.75) is 12.5 Å². The minimum atomic E-state index is -4.18. The molecule has 0 aliphatic carbocycles. The predicted molar refractivity (Wildman–Crippen MR) is 35.2 cm³/mol. The summed E-state index contributed by atoms with van der Waals surface area (Å²) in [6.07, 6.45) is -2.73. The van der Waals surface area contributed by atoms with Gasteiger partial charge in [0, 0.05) is 0 Å². The van der Waals surface area contributed by atoms with Crippen molar-refractivity contribution >= 4 is 13.6 Å². The molecule has 7 heteroatoms. The van der Waals surface area contributed by atoms with Gasteiger partial charge < -0.3 is 20.0 Å². The Morgan fingerprint density at radius 3 is 2.18 bits per heavy atom. The molecule has 0 heterocycles.